The summed E-state index contributed by atoms with van der Waals surface area (Å²) in [5.74, 6) is 0.175. The quantitative estimate of drug-likeness (QED) is 0.619. The molecule has 3 nitrogen and oxygen atoms in total. The van der Waals surface area contributed by atoms with E-state index in [1.54, 1.807) is 7.11 Å². The van der Waals surface area contributed by atoms with Gasteiger partial charge in [0.1, 0.15) is 0 Å². The zero-order valence-electron chi connectivity index (χ0n) is 7.92. The molecule has 0 aliphatic heterocycles. The van der Waals surface area contributed by atoms with Crippen molar-refractivity contribution >= 4 is 0 Å². The molecule has 0 radical (unpaired) electrons. The summed E-state index contributed by atoms with van der Waals surface area (Å²) in [7, 11) is 1.68. The minimum atomic E-state index is -1.12. The zero-order valence-corrected chi connectivity index (χ0v) is 7.92. The van der Waals surface area contributed by atoms with Gasteiger partial charge in [0.05, 0.1) is 11.7 Å². The van der Waals surface area contributed by atoms with Gasteiger partial charge in [-0.15, -0.1) is 0 Å². The molecule has 1 atom stereocenters. The molecule has 3 aliphatic rings. The molecule has 0 amide bonds. The van der Waals surface area contributed by atoms with Crippen molar-refractivity contribution in [2.45, 2.75) is 43.3 Å². The highest BCUT2D eigenvalue weighted by Crippen LogP contribution is 2.50. The van der Waals surface area contributed by atoms with Gasteiger partial charge < -0.3 is 9.84 Å². The molecule has 0 aromatic rings. The topological polar surface area (TPSA) is 53.2 Å². The second-order valence-electron chi connectivity index (χ2n) is 4.37. The summed E-state index contributed by atoms with van der Waals surface area (Å²) in [6, 6.07) is 2.05. The average Bonchev–Trinajstić information content (AvgIpc) is 2.19. The van der Waals surface area contributed by atoms with Crippen LogP contribution in [0.25, 0.3) is 0 Å². The fourth-order valence-electron chi connectivity index (χ4n) is 2.84. The molecule has 3 aliphatic carbocycles. The average molecular weight is 181 g/mol. The predicted octanol–water partition coefficient (Wildman–Crippen LogP) is 1.22. The van der Waals surface area contributed by atoms with Gasteiger partial charge in [-0.1, -0.05) is 0 Å². The number of fused-ring (bicyclic) bond motifs is 3. The third kappa shape index (κ3) is 1.17. The van der Waals surface area contributed by atoms with E-state index >= 15 is 0 Å². The van der Waals surface area contributed by atoms with Crippen molar-refractivity contribution in [1.82, 2.24) is 0 Å². The number of hydrogen-bond acceptors (Lipinski definition) is 3. The standard InChI is InChI=1S/C10H15NO2/c1-13-9-4-2-8(3-5-9)10(12,6-9)7-11/h8,12H,2-6H2,1H3. The predicted molar refractivity (Wildman–Crippen MR) is 46.9 cm³/mol. The van der Waals surface area contributed by atoms with Crippen LogP contribution < -0.4 is 0 Å². The summed E-state index contributed by atoms with van der Waals surface area (Å²) in [6.45, 7) is 0. The summed E-state index contributed by atoms with van der Waals surface area (Å²) in [5, 5.41) is 19.0. The van der Waals surface area contributed by atoms with E-state index in [0.717, 1.165) is 25.7 Å². The van der Waals surface area contributed by atoms with Crippen molar-refractivity contribution in [2.24, 2.45) is 5.92 Å². The molecule has 3 saturated carbocycles. The molecule has 1 unspecified atom stereocenters. The van der Waals surface area contributed by atoms with Crippen molar-refractivity contribution in [3.8, 4) is 6.07 Å². The highest BCUT2D eigenvalue weighted by Gasteiger charge is 2.54. The van der Waals surface area contributed by atoms with Crippen LogP contribution in [0.15, 0.2) is 0 Å². The smallest absolute Gasteiger partial charge is 0.156 e. The monoisotopic (exact) mass is 181 g/mol. The van der Waals surface area contributed by atoms with Gasteiger partial charge in [-0.25, -0.2) is 0 Å². The van der Waals surface area contributed by atoms with Crippen molar-refractivity contribution in [2.75, 3.05) is 7.11 Å². The van der Waals surface area contributed by atoms with E-state index in [1.807, 2.05) is 6.07 Å². The first kappa shape index (κ1) is 8.98. The van der Waals surface area contributed by atoms with Crippen molar-refractivity contribution < 1.29 is 9.84 Å². The Morgan fingerprint density at radius 2 is 2.08 bits per heavy atom. The lowest BCUT2D eigenvalue weighted by atomic mass is 9.60. The number of ether oxygens (including phenoxy) is 1. The highest BCUT2D eigenvalue weighted by atomic mass is 16.5. The summed E-state index contributed by atoms with van der Waals surface area (Å²) < 4.78 is 5.45. The SMILES string of the molecule is COC12CCC(CC1)C(O)(C#N)C2. The molecule has 3 heteroatoms. The van der Waals surface area contributed by atoms with E-state index in [0.29, 0.717) is 6.42 Å². The molecule has 0 aromatic carbocycles. The van der Waals surface area contributed by atoms with Gasteiger partial charge in [0.25, 0.3) is 0 Å². The third-order valence-corrected chi connectivity index (χ3v) is 3.79. The molecular weight excluding hydrogens is 166 g/mol. The first-order valence-corrected chi connectivity index (χ1v) is 4.83. The first-order valence-electron chi connectivity index (χ1n) is 4.83. The van der Waals surface area contributed by atoms with E-state index in [1.165, 1.54) is 0 Å². The number of rotatable bonds is 1. The van der Waals surface area contributed by atoms with E-state index < -0.39 is 5.60 Å². The molecule has 0 aromatic heterocycles. The number of methoxy groups -OCH3 is 1. The Morgan fingerprint density at radius 3 is 2.54 bits per heavy atom. The Hall–Kier alpha value is -0.590. The van der Waals surface area contributed by atoms with Crippen LogP contribution in [-0.2, 0) is 4.74 Å². The summed E-state index contributed by atoms with van der Waals surface area (Å²) in [6.07, 6.45) is 4.35. The molecular formula is C10H15NO2. The van der Waals surface area contributed by atoms with Crippen LogP contribution in [0.2, 0.25) is 0 Å². The maximum Gasteiger partial charge on any atom is 0.156 e. The molecule has 3 fully saturated rings. The third-order valence-electron chi connectivity index (χ3n) is 3.79. The maximum absolute atomic E-state index is 10.0. The van der Waals surface area contributed by atoms with Gasteiger partial charge in [-0.2, -0.15) is 5.26 Å². The van der Waals surface area contributed by atoms with Crippen LogP contribution in [0.5, 0.6) is 0 Å². The molecule has 72 valence electrons. The van der Waals surface area contributed by atoms with Crippen molar-refractivity contribution in [1.29, 1.82) is 5.26 Å². The van der Waals surface area contributed by atoms with E-state index in [-0.39, 0.29) is 11.5 Å². The molecule has 13 heavy (non-hydrogen) atoms. The van der Waals surface area contributed by atoms with Gasteiger partial charge in [-0.05, 0) is 25.7 Å². The van der Waals surface area contributed by atoms with Gasteiger partial charge in [-0.3, -0.25) is 0 Å². The molecule has 0 heterocycles. The van der Waals surface area contributed by atoms with Crippen LogP contribution in [0.3, 0.4) is 0 Å². The Balaban J connectivity index is 2.26. The van der Waals surface area contributed by atoms with Crippen LogP contribution in [0.1, 0.15) is 32.1 Å². The second kappa shape index (κ2) is 2.70. The summed E-state index contributed by atoms with van der Waals surface area (Å²) in [4.78, 5) is 0. The van der Waals surface area contributed by atoms with Gasteiger partial charge in [0, 0.05) is 19.4 Å². The minimum absolute atomic E-state index is 0.175. The lowest BCUT2D eigenvalue weighted by molar-refractivity contribution is -0.161. The number of aliphatic hydroxyl groups is 1. The van der Waals surface area contributed by atoms with Crippen LogP contribution in [0.4, 0.5) is 0 Å². The highest BCUT2D eigenvalue weighted by molar-refractivity contribution is 5.15. The molecule has 2 bridgehead atoms. The molecule has 1 N–H and O–H groups in total. The van der Waals surface area contributed by atoms with E-state index in [9.17, 15) is 5.11 Å². The van der Waals surface area contributed by atoms with Crippen molar-refractivity contribution in [3.63, 3.8) is 0 Å². The first-order chi connectivity index (χ1) is 6.14. The Kier molecular flexibility index (Phi) is 1.86. The zero-order chi connectivity index (χ0) is 9.53. The fraction of sp³-hybridized carbons (Fsp3) is 0.900. The summed E-state index contributed by atoms with van der Waals surface area (Å²) >= 11 is 0. The lowest BCUT2D eigenvalue weighted by Gasteiger charge is -2.51. The Labute approximate surface area is 78.3 Å². The maximum atomic E-state index is 10.0. The van der Waals surface area contributed by atoms with Crippen LogP contribution >= 0.6 is 0 Å². The van der Waals surface area contributed by atoms with E-state index in [2.05, 4.69) is 0 Å². The van der Waals surface area contributed by atoms with Crippen LogP contribution in [-0.4, -0.2) is 23.4 Å². The number of nitriles is 1. The Morgan fingerprint density at radius 1 is 1.46 bits per heavy atom. The van der Waals surface area contributed by atoms with E-state index in [4.69, 9.17) is 10.00 Å². The number of nitrogens with zero attached hydrogens (tertiary/aromatic N) is 1. The van der Waals surface area contributed by atoms with Gasteiger partial charge >= 0.3 is 0 Å². The largest absolute Gasteiger partial charge is 0.378 e. The molecule has 0 spiro atoms. The second-order valence-corrected chi connectivity index (χ2v) is 4.37. The van der Waals surface area contributed by atoms with Crippen molar-refractivity contribution in [3.05, 3.63) is 0 Å². The fourth-order valence-corrected chi connectivity index (χ4v) is 2.84. The summed E-state index contributed by atoms with van der Waals surface area (Å²) in [5.41, 5.74) is -1.33. The minimum Gasteiger partial charge on any atom is -0.378 e. The van der Waals surface area contributed by atoms with Gasteiger partial charge in [0.2, 0.25) is 0 Å². The molecule has 3 rings (SSSR count). The van der Waals surface area contributed by atoms with Crippen LogP contribution in [0, 0.1) is 17.2 Å². The van der Waals surface area contributed by atoms with Gasteiger partial charge in [0.15, 0.2) is 5.60 Å². The Bertz CT molecular complexity index is 250. The lowest BCUT2D eigenvalue weighted by Crippen LogP contribution is -2.55. The number of hydrogen-bond donors (Lipinski definition) is 1. The molecule has 0 saturated heterocycles. The normalized spacial score (nSPS) is 48.8.